The molecule has 0 unspecified atom stereocenters. The lowest BCUT2D eigenvalue weighted by atomic mass is 10.2. The van der Waals surface area contributed by atoms with E-state index in [0.29, 0.717) is 38.2 Å². The predicted molar refractivity (Wildman–Crippen MR) is 131 cm³/mol. The molecule has 172 valence electrons. The zero-order chi connectivity index (χ0) is 24.2. The zero-order valence-electron chi connectivity index (χ0n) is 17.7. The molecule has 1 aromatic heterocycles. The van der Waals surface area contributed by atoms with E-state index in [1.807, 2.05) is 0 Å². The summed E-state index contributed by atoms with van der Waals surface area (Å²) in [6.07, 6.45) is 0. The fourth-order valence-corrected chi connectivity index (χ4v) is 4.32. The molecule has 11 heteroatoms. The van der Waals surface area contributed by atoms with Crippen molar-refractivity contribution in [2.24, 2.45) is 0 Å². The molecule has 3 aromatic carbocycles. The molecule has 1 N–H and O–H groups in total. The Kier molecular flexibility index (Phi) is 6.80. The Bertz CT molecular complexity index is 1470. The summed E-state index contributed by atoms with van der Waals surface area (Å²) in [6.45, 7) is 0. The van der Waals surface area contributed by atoms with Crippen molar-refractivity contribution in [3.8, 4) is 11.4 Å². The van der Waals surface area contributed by atoms with Crippen molar-refractivity contribution in [2.75, 3.05) is 18.2 Å². The first kappa shape index (κ1) is 23.3. The lowest BCUT2D eigenvalue weighted by Gasteiger charge is -2.14. The van der Waals surface area contributed by atoms with Crippen LogP contribution in [0.1, 0.15) is 0 Å². The minimum absolute atomic E-state index is 0.0860. The van der Waals surface area contributed by atoms with Crippen LogP contribution >= 0.6 is 23.4 Å². The highest BCUT2D eigenvalue weighted by molar-refractivity contribution is 7.99. The standard InChI is InChI=1S/C23H17ClN4O5S/c1-33-20-10-9-15(12-18(20)24)27-22(30)17-7-2-3-8-19(17)26-23(27)34-13-21(29)25-14-5-4-6-16(11-14)28(31)32/h2-12H,13H2,1H3,(H,25,29). The summed E-state index contributed by atoms with van der Waals surface area (Å²) in [7, 11) is 1.49. The molecule has 1 amide bonds. The van der Waals surface area contributed by atoms with Gasteiger partial charge >= 0.3 is 0 Å². The number of nitrogens with zero attached hydrogens (tertiary/aromatic N) is 3. The Hall–Kier alpha value is -3.89. The Morgan fingerprint density at radius 2 is 1.97 bits per heavy atom. The molecule has 34 heavy (non-hydrogen) atoms. The number of anilines is 1. The van der Waals surface area contributed by atoms with Gasteiger partial charge < -0.3 is 10.1 Å². The molecule has 0 spiro atoms. The minimum Gasteiger partial charge on any atom is -0.495 e. The topological polar surface area (TPSA) is 116 Å². The van der Waals surface area contributed by atoms with E-state index in [9.17, 15) is 19.7 Å². The average Bonchev–Trinajstić information content (AvgIpc) is 2.83. The van der Waals surface area contributed by atoms with Crippen LogP contribution in [0.4, 0.5) is 11.4 Å². The molecule has 0 fully saturated rings. The van der Waals surface area contributed by atoms with E-state index in [2.05, 4.69) is 10.3 Å². The van der Waals surface area contributed by atoms with Crippen LogP contribution in [0.15, 0.2) is 76.7 Å². The molecule has 0 aliphatic heterocycles. The molecule has 0 aliphatic rings. The summed E-state index contributed by atoms with van der Waals surface area (Å²) < 4.78 is 6.58. The van der Waals surface area contributed by atoms with Crippen molar-refractivity contribution in [1.29, 1.82) is 0 Å². The van der Waals surface area contributed by atoms with Gasteiger partial charge in [-0.25, -0.2) is 4.98 Å². The van der Waals surface area contributed by atoms with Gasteiger partial charge in [0.1, 0.15) is 5.75 Å². The number of rotatable bonds is 7. The van der Waals surface area contributed by atoms with Crippen molar-refractivity contribution in [1.82, 2.24) is 9.55 Å². The Morgan fingerprint density at radius 1 is 1.18 bits per heavy atom. The molecule has 9 nitrogen and oxygen atoms in total. The van der Waals surface area contributed by atoms with Crippen LogP contribution in [0.3, 0.4) is 0 Å². The van der Waals surface area contributed by atoms with Crippen molar-refractivity contribution in [2.45, 2.75) is 5.16 Å². The number of carbonyl (C=O) groups is 1. The number of methoxy groups -OCH3 is 1. The number of nitro benzene ring substituents is 1. The van der Waals surface area contributed by atoms with Crippen LogP contribution in [-0.2, 0) is 4.79 Å². The number of ether oxygens (including phenoxy) is 1. The molecule has 4 aromatic rings. The number of hydrogen-bond acceptors (Lipinski definition) is 7. The fourth-order valence-electron chi connectivity index (χ4n) is 3.26. The second-order valence-electron chi connectivity index (χ2n) is 7.02. The Balaban J connectivity index is 1.66. The number of fused-ring (bicyclic) bond motifs is 1. The summed E-state index contributed by atoms with van der Waals surface area (Å²) >= 11 is 7.33. The maximum absolute atomic E-state index is 13.3. The maximum Gasteiger partial charge on any atom is 0.271 e. The van der Waals surface area contributed by atoms with Gasteiger partial charge in [-0.15, -0.1) is 0 Å². The summed E-state index contributed by atoms with van der Waals surface area (Å²) in [5.74, 6) is -0.0397. The quantitative estimate of drug-likeness (QED) is 0.171. The summed E-state index contributed by atoms with van der Waals surface area (Å²) in [5, 5.41) is 14.6. The number of nitrogens with one attached hydrogen (secondary N) is 1. The number of nitro groups is 1. The molecule has 4 rings (SSSR count). The van der Waals surface area contributed by atoms with Gasteiger partial charge in [0.2, 0.25) is 5.91 Å². The van der Waals surface area contributed by atoms with Crippen molar-refractivity contribution < 1.29 is 14.5 Å². The average molecular weight is 497 g/mol. The van der Waals surface area contributed by atoms with Crippen molar-refractivity contribution >= 4 is 51.5 Å². The van der Waals surface area contributed by atoms with E-state index in [0.717, 1.165) is 11.8 Å². The Labute approximate surface area is 202 Å². The van der Waals surface area contributed by atoms with Gasteiger partial charge in [0.05, 0.1) is 39.4 Å². The van der Waals surface area contributed by atoms with Crippen molar-refractivity contribution in [3.05, 3.63) is 92.2 Å². The highest BCUT2D eigenvalue weighted by atomic mass is 35.5. The first-order chi connectivity index (χ1) is 16.4. The number of benzene rings is 3. The van der Waals surface area contributed by atoms with Gasteiger partial charge in [-0.3, -0.25) is 24.3 Å². The molecule has 0 aliphatic carbocycles. The summed E-state index contributed by atoms with van der Waals surface area (Å²) in [6, 6.07) is 17.5. The van der Waals surface area contributed by atoms with E-state index in [4.69, 9.17) is 16.3 Å². The molecular weight excluding hydrogens is 480 g/mol. The number of carbonyl (C=O) groups excluding carboxylic acids is 1. The Morgan fingerprint density at radius 3 is 2.71 bits per heavy atom. The largest absolute Gasteiger partial charge is 0.495 e. The molecule has 0 saturated heterocycles. The van der Waals surface area contributed by atoms with Gasteiger partial charge in [-0.05, 0) is 36.4 Å². The van der Waals surface area contributed by atoms with Crippen LogP contribution in [-0.4, -0.2) is 33.2 Å². The highest BCUT2D eigenvalue weighted by Gasteiger charge is 2.16. The molecule has 0 saturated carbocycles. The van der Waals surface area contributed by atoms with Crippen LogP contribution in [0.2, 0.25) is 5.02 Å². The zero-order valence-corrected chi connectivity index (χ0v) is 19.3. The van der Waals surface area contributed by atoms with Crippen LogP contribution in [0.5, 0.6) is 5.75 Å². The molecule has 0 atom stereocenters. The maximum atomic E-state index is 13.3. The van der Waals surface area contributed by atoms with Gasteiger partial charge in [-0.2, -0.15) is 0 Å². The lowest BCUT2D eigenvalue weighted by Crippen LogP contribution is -2.23. The number of aromatic nitrogens is 2. The van der Waals surface area contributed by atoms with Crippen molar-refractivity contribution in [3.63, 3.8) is 0 Å². The molecule has 0 bridgehead atoms. The number of non-ortho nitro benzene ring substituents is 1. The van der Waals surface area contributed by atoms with Gasteiger partial charge in [-0.1, -0.05) is 41.6 Å². The van der Waals surface area contributed by atoms with E-state index in [1.54, 1.807) is 48.5 Å². The summed E-state index contributed by atoms with van der Waals surface area (Å²) in [4.78, 5) is 40.9. The molecular formula is C23H17ClN4O5S. The fraction of sp³-hybridized carbons (Fsp3) is 0.0870. The second kappa shape index (κ2) is 9.94. The van der Waals surface area contributed by atoms with Crippen LogP contribution in [0.25, 0.3) is 16.6 Å². The highest BCUT2D eigenvalue weighted by Crippen LogP contribution is 2.29. The number of amides is 1. The minimum atomic E-state index is -0.540. The normalized spacial score (nSPS) is 10.8. The van der Waals surface area contributed by atoms with E-state index >= 15 is 0 Å². The second-order valence-corrected chi connectivity index (χ2v) is 8.36. The number of para-hydroxylation sites is 1. The first-order valence-electron chi connectivity index (χ1n) is 9.90. The lowest BCUT2D eigenvalue weighted by molar-refractivity contribution is -0.384. The smallest absolute Gasteiger partial charge is 0.271 e. The monoisotopic (exact) mass is 496 g/mol. The number of halogens is 1. The molecule has 1 heterocycles. The third-order valence-electron chi connectivity index (χ3n) is 4.81. The predicted octanol–water partition coefficient (Wildman–Crippen LogP) is 4.69. The number of thioether (sulfide) groups is 1. The number of hydrogen-bond donors (Lipinski definition) is 1. The van der Waals surface area contributed by atoms with E-state index in [1.165, 1.54) is 29.9 Å². The first-order valence-corrected chi connectivity index (χ1v) is 11.3. The van der Waals surface area contributed by atoms with Gasteiger partial charge in [0, 0.05) is 17.8 Å². The SMILES string of the molecule is COc1ccc(-n2c(SCC(=O)Nc3cccc([N+](=O)[O-])c3)nc3ccccc3c2=O)cc1Cl. The van der Waals surface area contributed by atoms with E-state index in [-0.39, 0.29) is 17.0 Å². The third-order valence-corrected chi connectivity index (χ3v) is 6.05. The van der Waals surface area contributed by atoms with Crippen LogP contribution in [0, 0.1) is 10.1 Å². The molecule has 0 radical (unpaired) electrons. The van der Waals surface area contributed by atoms with Gasteiger partial charge in [0.25, 0.3) is 11.2 Å². The third kappa shape index (κ3) is 4.87. The summed E-state index contributed by atoms with van der Waals surface area (Å²) in [5.41, 5.74) is 0.812. The van der Waals surface area contributed by atoms with E-state index < -0.39 is 10.8 Å². The van der Waals surface area contributed by atoms with Crippen LogP contribution < -0.4 is 15.6 Å². The van der Waals surface area contributed by atoms with Gasteiger partial charge in [0.15, 0.2) is 5.16 Å².